The van der Waals surface area contributed by atoms with Crippen LogP contribution in [-0.4, -0.2) is 41.3 Å². The van der Waals surface area contributed by atoms with Gasteiger partial charge in [0.05, 0.1) is 6.42 Å². The van der Waals surface area contributed by atoms with Crippen molar-refractivity contribution in [3.05, 3.63) is 29.3 Å². The Bertz CT molecular complexity index is 538. The number of carbonyl (C=O) groups excluding carboxylic acids is 2. The Kier molecular flexibility index (Phi) is 3.22. The number of nitrogens with zero attached hydrogens (tertiary/aromatic N) is 1. The minimum atomic E-state index is 0.000136. The molecule has 2 heterocycles. The average Bonchev–Trinajstić information content (AvgIpc) is 3.03. The molecule has 0 aliphatic carbocycles. The lowest BCUT2D eigenvalue weighted by molar-refractivity contribution is -0.115. The van der Waals surface area contributed by atoms with E-state index in [1.165, 1.54) is 0 Å². The van der Waals surface area contributed by atoms with Crippen LogP contribution in [0.15, 0.2) is 18.2 Å². The van der Waals surface area contributed by atoms with Crippen molar-refractivity contribution in [3.63, 3.8) is 0 Å². The molecule has 2 amide bonds. The predicted molar refractivity (Wildman–Crippen MR) is 76.6 cm³/mol. The molecular weight excluding hydrogens is 260 g/mol. The van der Waals surface area contributed by atoms with Crippen molar-refractivity contribution in [2.75, 3.05) is 23.9 Å². The fourth-order valence-corrected chi connectivity index (χ4v) is 3.81. The Balaban J connectivity index is 1.80. The zero-order valence-electron chi connectivity index (χ0n) is 10.8. The predicted octanol–water partition coefficient (Wildman–Crippen LogP) is 1.76. The van der Waals surface area contributed by atoms with Gasteiger partial charge in [-0.1, -0.05) is 6.07 Å². The summed E-state index contributed by atoms with van der Waals surface area (Å²) in [5.41, 5.74) is 2.41. The van der Waals surface area contributed by atoms with Gasteiger partial charge < -0.3 is 10.2 Å². The molecule has 1 fully saturated rings. The Morgan fingerprint density at radius 1 is 1.47 bits per heavy atom. The minimum Gasteiger partial charge on any atom is -0.338 e. The topological polar surface area (TPSA) is 49.4 Å². The number of rotatable bonds is 2. The van der Waals surface area contributed by atoms with Gasteiger partial charge in [0.1, 0.15) is 0 Å². The molecule has 1 aromatic rings. The average molecular weight is 276 g/mol. The SMILES string of the molecule is CN(C(=O)c1ccc2c(c1)NC(=O)C2)C1CCSC1. The van der Waals surface area contributed by atoms with Gasteiger partial charge in [-0.3, -0.25) is 9.59 Å². The van der Waals surface area contributed by atoms with Crippen LogP contribution in [0.1, 0.15) is 22.3 Å². The van der Waals surface area contributed by atoms with Crippen molar-refractivity contribution < 1.29 is 9.59 Å². The molecule has 0 radical (unpaired) electrons. The van der Waals surface area contributed by atoms with E-state index in [2.05, 4.69) is 5.32 Å². The second kappa shape index (κ2) is 4.89. The number of benzene rings is 1. The molecule has 1 saturated heterocycles. The fraction of sp³-hybridized carbons (Fsp3) is 0.429. The van der Waals surface area contributed by atoms with Gasteiger partial charge in [-0.2, -0.15) is 11.8 Å². The number of carbonyl (C=O) groups is 2. The minimum absolute atomic E-state index is 0.000136. The maximum absolute atomic E-state index is 12.4. The first-order valence-corrected chi connectivity index (χ1v) is 7.58. The lowest BCUT2D eigenvalue weighted by Gasteiger charge is -2.24. The number of hydrogen-bond donors (Lipinski definition) is 1. The maximum Gasteiger partial charge on any atom is 0.253 e. The first kappa shape index (κ1) is 12.5. The van der Waals surface area contributed by atoms with Crippen LogP contribution in [0, 0.1) is 0 Å². The smallest absolute Gasteiger partial charge is 0.253 e. The molecule has 100 valence electrons. The third-order valence-corrected chi connectivity index (χ3v) is 4.90. The lowest BCUT2D eigenvalue weighted by Crippen LogP contribution is -2.36. The van der Waals surface area contributed by atoms with E-state index in [4.69, 9.17) is 0 Å². The maximum atomic E-state index is 12.4. The molecule has 1 unspecified atom stereocenters. The molecular formula is C14H16N2O2S. The van der Waals surface area contributed by atoms with Crippen molar-refractivity contribution in [1.82, 2.24) is 4.90 Å². The van der Waals surface area contributed by atoms with Crippen molar-refractivity contribution in [3.8, 4) is 0 Å². The van der Waals surface area contributed by atoms with Gasteiger partial charge in [-0.25, -0.2) is 0 Å². The molecule has 4 nitrogen and oxygen atoms in total. The molecule has 1 aromatic carbocycles. The quantitative estimate of drug-likeness (QED) is 0.895. The monoisotopic (exact) mass is 276 g/mol. The molecule has 0 bridgehead atoms. The summed E-state index contributed by atoms with van der Waals surface area (Å²) in [5.74, 6) is 2.18. The molecule has 2 aliphatic rings. The molecule has 1 atom stereocenters. The van der Waals surface area contributed by atoms with E-state index in [1.54, 1.807) is 6.07 Å². The molecule has 3 rings (SSSR count). The third-order valence-electron chi connectivity index (χ3n) is 3.76. The summed E-state index contributed by atoms with van der Waals surface area (Å²) < 4.78 is 0. The van der Waals surface area contributed by atoms with Gasteiger partial charge >= 0.3 is 0 Å². The van der Waals surface area contributed by atoms with Crippen LogP contribution in [0.25, 0.3) is 0 Å². The first-order chi connectivity index (χ1) is 9.15. The number of fused-ring (bicyclic) bond motifs is 1. The molecule has 19 heavy (non-hydrogen) atoms. The van der Waals surface area contributed by atoms with Crippen molar-refractivity contribution in [2.24, 2.45) is 0 Å². The number of amides is 2. The summed E-state index contributed by atoms with van der Waals surface area (Å²) >= 11 is 1.89. The van der Waals surface area contributed by atoms with Crippen LogP contribution in [0.5, 0.6) is 0 Å². The van der Waals surface area contributed by atoms with E-state index < -0.39 is 0 Å². The molecule has 2 aliphatic heterocycles. The van der Waals surface area contributed by atoms with E-state index >= 15 is 0 Å². The highest BCUT2D eigenvalue weighted by Crippen LogP contribution is 2.26. The van der Waals surface area contributed by atoms with E-state index in [0.717, 1.165) is 29.2 Å². The zero-order valence-corrected chi connectivity index (χ0v) is 11.6. The van der Waals surface area contributed by atoms with Crippen LogP contribution in [0.2, 0.25) is 0 Å². The summed E-state index contributed by atoms with van der Waals surface area (Å²) in [7, 11) is 1.87. The summed E-state index contributed by atoms with van der Waals surface area (Å²) in [5, 5.41) is 2.79. The highest BCUT2D eigenvalue weighted by atomic mass is 32.2. The Labute approximate surface area is 116 Å². The largest absolute Gasteiger partial charge is 0.338 e. The highest BCUT2D eigenvalue weighted by Gasteiger charge is 2.26. The molecule has 0 saturated carbocycles. The number of hydrogen-bond acceptors (Lipinski definition) is 3. The number of nitrogens with one attached hydrogen (secondary N) is 1. The van der Waals surface area contributed by atoms with Crippen molar-refractivity contribution in [1.29, 1.82) is 0 Å². The van der Waals surface area contributed by atoms with Gasteiger partial charge in [-0.15, -0.1) is 0 Å². The van der Waals surface area contributed by atoms with Gasteiger partial charge in [0.25, 0.3) is 5.91 Å². The van der Waals surface area contributed by atoms with E-state index in [9.17, 15) is 9.59 Å². The third kappa shape index (κ3) is 2.34. The Hall–Kier alpha value is -1.49. The summed E-state index contributed by atoms with van der Waals surface area (Å²) in [4.78, 5) is 25.6. The second-order valence-corrected chi connectivity index (χ2v) is 6.18. The van der Waals surface area contributed by atoms with Crippen LogP contribution < -0.4 is 5.32 Å². The normalized spacial score (nSPS) is 21.1. The van der Waals surface area contributed by atoms with Crippen molar-refractivity contribution >= 4 is 29.3 Å². The van der Waals surface area contributed by atoms with Gasteiger partial charge in [0, 0.05) is 30.1 Å². The molecule has 0 aromatic heterocycles. The lowest BCUT2D eigenvalue weighted by atomic mass is 10.1. The Morgan fingerprint density at radius 3 is 3.05 bits per heavy atom. The van der Waals surface area contributed by atoms with E-state index in [1.807, 2.05) is 35.8 Å². The standard InChI is InChI=1S/C14H16N2O2S/c1-16(11-4-5-19-8-11)14(18)10-3-2-9-7-13(17)15-12(9)6-10/h2-3,6,11H,4-5,7-8H2,1H3,(H,15,17). The fourth-order valence-electron chi connectivity index (χ4n) is 2.54. The number of thioether (sulfide) groups is 1. The summed E-state index contributed by atoms with van der Waals surface area (Å²) in [6, 6.07) is 5.82. The van der Waals surface area contributed by atoms with E-state index in [-0.39, 0.29) is 11.8 Å². The highest BCUT2D eigenvalue weighted by molar-refractivity contribution is 7.99. The van der Waals surface area contributed by atoms with Crippen LogP contribution in [-0.2, 0) is 11.2 Å². The van der Waals surface area contributed by atoms with Crippen LogP contribution >= 0.6 is 11.8 Å². The van der Waals surface area contributed by atoms with Crippen molar-refractivity contribution in [2.45, 2.75) is 18.9 Å². The Morgan fingerprint density at radius 2 is 2.32 bits per heavy atom. The van der Waals surface area contributed by atoms with Crippen LogP contribution in [0.3, 0.4) is 0 Å². The summed E-state index contributed by atoms with van der Waals surface area (Å²) in [6.45, 7) is 0. The zero-order chi connectivity index (χ0) is 13.4. The first-order valence-electron chi connectivity index (χ1n) is 6.43. The summed E-state index contributed by atoms with van der Waals surface area (Å²) in [6.07, 6.45) is 1.48. The molecule has 5 heteroatoms. The molecule has 1 N–H and O–H groups in total. The van der Waals surface area contributed by atoms with E-state index in [0.29, 0.717) is 18.0 Å². The molecule has 0 spiro atoms. The number of anilines is 1. The van der Waals surface area contributed by atoms with Crippen LogP contribution in [0.4, 0.5) is 5.69 Å². The second-order valence-electron chi connectivity index (χ2n) is 5.03. The van der Waals surface area contributed by atoms with Gasteiger partial charge in [-0.05, 0) is 29.9 Å². The van der Waals surface area contributed by atoms with Gasteiger partial charge in [0.15, 0.2) is 0 Å². The van der Waals surface area contributed by atoms with Gasteiger partial charge in [0.2, 0.25) is 5.91 Å².